The van der Waals surface area contributed by atoms with Gasteiger partial charge in [0.05, 0.1) is 17.0 Å². The van der Waals surface area contributed by atoms with Crippen molar-refractivity contribution in [2.75, 3.05) is 9.80 Å². The molecule has 2 aliphatic rings. The van der Waals surface area contributed by atoms with Crippen LogP contribution in [0.1, 0.15) is 17.2 Å². The van der Waals surface area contributed by atoms with Gasteiger partial charge in [0, 0.05) is 35.6 Å². The van der Waals surface area contributed by atoms with Crippen LogP contribution in [0, 0.1) is 21.4 Å². The van der Waals surface area contributed by atoms with Gasteiger partial charge in [-0.1, -0.05) is 48.5 Å². The minimum absolute atomic E-state index is 0.0525. The predicted octanol–water partition coefficient (Wildman–Crippen LogP) is 4.52. The molecule has 3 aromatic carbocycles. The zero-order valence-corrected chi connectivity index (χ0v) is 17.0. The van der Waals surface area contributed by atoms with Crippen molar-refractivity contribution in [3.05, 3.63) is 112 Å². The molecule has 0 saturated heterocycles. The summed E-state index contributed by atoms with van der Waals surface area (Å²) in [6.45, 7) is 0.622. The molecule has 7 nitrogen and oxygen atoms in total. The number of para-hydroxylation sites is 1. The van der Waals surface area contributed by atoms with Gasteiger partial charge in [-0.2, -0.15) is 5.26 Å². The molecule has 32 heavy (non-hydrogen) atoms. The highest BCUT2D eigenvalue weighted by molar-refractivity contribution is 6.10. The maximum absolute atomic E-state index is 13.3. The Labute approximate surface area is 184 Å². The number of carbonyl (C=O) groups excluding carboxylic acids is 1. The van der Waals surface area contributed by atoms with Gasteiger partial charge < -0.3 is 4.90 Å². The number of nitrogens with zero attached hydrogens (tertiary/aromatic N) is 4. The molecule has 0 radical (unpaired) electrons. The average molecular weight is 422 g/mol. The number of rotatable bonds is 4. The van der Waals surface area contributed by atoms with Gasteiger partial charge in [-0.3, -0.25) is 19.8 Å². The Morgan fingerprint density at radius 2 is 1.66 bits per heavy atom. The summed E-state index contributed by atoms with van der Waals surface area (Å²) in [5.41, 5.74) is 3.63. The molecule has 3 aromatic rings. The molecular weight excluding hydrogens is 404 g/mol. The second kappa shape index (κ2) is 7.67. The van der Waals surface area contributed by atoms with E-state index in [4.69, 9.17) is 0 Å². The van der Waals surface area contributed by atoms with E-state index in [1.807, 2.05) is 60.7 Å². The molecule has 156 valence electrons. The highest BCUT2D eigenvalue weighted by atomic mass is 16.6. The number of benzene rings is 3. The van der Waals surface area contributed by atoms with E-state index in [1.165, 1.54) is 12.1 Å². The third-order valence-corrected chi connectivity index (χ3v) is 5.97. The Bertz CT molecular complexity index is 1280. The van der Waals surface area contributed by atoms with Crippen LogP contribution in [-0.2, 0) is 11.3 Å². The minimum Gasteiger partial charge on any atom is -0.358 e. The topological polar surface area (TPSA) is 90.5 Å². The second-order valence-electron chi connectivity index (χ2n) is 7.75. The number of nitriles is 1. The summed E-state index contributed by atoms with van der Waals surface area (Å²) in [6.07, 6.45) is 1.75. The summed E-state index contributed by atoms with van der Waals surface area (Å²) < 4.78 is 0. The average Bonchev–Trinajstić information content (AvgIpc) is 3.12. The molecule has 0 aliphatic carbocycles. The molecular formula is C25H18N4O3. The van der Waals surface area contributed by atoms with E-state index in [0.29, 0.717) is 12.2 Å². The summed E-state index contributed by atoms with van der Waals surface area (Å²) in [5, 5.41) is 20.8. The number of non-ortho nitro benzene ring substituents is 1. The highest BCUT2D eigenvalue weighted by Gasteiger charge is 2.47. The van der Waals surface area contributed by atoms with Crippen molar-refractivity contribution in [3.8, 4) is 6.07 Å². The van der Waals surface area contributed by atoms with Crippen molar-refractivity contribution in [2.45, 2.75) is 18.6 Å². The minimum atomic E-state index is -0.475. The van der Waals surface area contributed by atoms with Crippen molar-refractivity contribution in [3.63, 3.8) is 0 Å². The van der Waals surface area contributed by atoms with Gasteiger partial charge in [-0.25, -0.2) is 0 Å². The number of carbonyl (C=O) groups is 1. The molecule has 2 aliphatic heterocycles. The van der Waals surface area contributed by atoms with Crippen LogP contribution in [0.4, 0.5) is 17.1 Å². The molecule has 0 saturated carbocycles. The van der Waals surface area contributed by atoms with E-state index >= 15 is 0 Å². The molecule has 0 N–H and O–H groups in total. The Morgan fingerprint density at radius 1 is 0.969 bits per heavy atom. The SMILES string of the molecule is N#CC1=CC2C(c3ccccc3N2Cc2ccccc2)N(c2ccc([N+](=O)[O-])cc2)C1=O. The monoisotopic (exact) mass is 422 g/mol. The van der Waals surface area contributed by atoms with Crippen LogP contribution in [-0.4, -0.2) is 16.9 Å². The normalized spacial score (nSPS) is 19.1. The van der Waals surface area contributed by atoms with Gasteiger partial charge in [-0.05, 0) is 29.8 Å². The number of hydrogen-bond acceptors (Lipinski definition) is 5. The standard InChI is InChI=1S/C25H18N4O3/c26-15-18-14-23-24(28(25(18)30)19-10-12-20(13-11-19)29(31)32)21-8-4-5-9-22(21)27(23)16-17-6-2-1-3-7-17/h1-14,23-24H,16H2. The van der Waals surface area contributed by atoms with Gasteiger partial charge in [0.15, 0.2) is 0 Å². The van der Waals surface area contributed by atoms with Crippen LogP contribution in [0.2, 0.25) is 0 Å². The number of hydrogen-bond donors (Lipinski definition) is 0. The fourth-order valence-electron chi connectivity index (χ4n) is 4.55. The van der Waals surface area contributed by atoms with E-state index in [0.717, 1.165) is 16.8 Å². The first-order valence-corrected chi connectivity index (χ1v) is 10.2. The molecule has 7 heteroatoms. The van der Waals surface area contributed by atoms with Crippen LogP contribution >= 0.6 is 0 Å². The lowest BCUT2D eigenvalue weighted by atomic mass is 9.93. The number of fused-ring (bicyclic) bond motifs is 3. The lowest BCUT2D eigenvalue weighted by molar-refractivity contribution is -0.384. The Balaban J connectivity index is 1.64. The van der Waals surface area contributed by atoms with Crippen molar-refractivity contribution in [2.24, 2.45) is 0 Å². The molecule has 0 fully saturated rings. The zero-order valence-electron chi connectivity index (χ0n) is 17.0. The van der Waals surface area contributed by atoms with Crippen LogP contribution in [0.15, 0.2) is 90.5 Å². The van der Waals surface area contributed by atoms with Crippen molar-refractivity contribution >= 4 is 23.0 Å². The molecule has 2 heterocycles. The zero-order chi connectivity index (χ0) is 22.2. The third-order valence-electron chi connectivity index (χ3n) is 5.97. The van der Waals surface area contributed by atoms with Crippen molar-refractivity contribution < 1.29 is 9.72 Å². The molecule has 0 bridgehead atoms. The molecule has 1 amide bonds. The third kappa shape index (κ3) is 3.10. The van der Waals surface area contributed by atoms with Crippen LogP contribution < -0.4 is 9.80 Å². The summed E-state index contributed by atoms with van der Waals surface area (Å²) in [7, 11) is 0. The highest BCUT2D eigenvalue weighted by Crippen LogP contribution is 2.48. The smallest absolute Gasteiger partial charge is 0.269 e. The first kappa shape index (κ1) is 19.5. The largest absolute Gasteiger partial charge is 0.358 e. The molecule has 0 aromatic heterocycles. The fraction of sp³-hybridized carbons (Fsp3) is 0.120. The Morgan fingerprint density at radius 3 is 2.34 bits per heavy atom. The molecule has 5 rings (SSSR count). The lowest BCUT2D eigenvalue weighted by Gasteiger charge is -2.38. The first-order chi connectivity index (χ1) is 15.6. The predicted molar refractivity (Wildman–Crippen MR) is 120 cm³/mol. The van der Waals surface area contributed by atoms with E-state index < -0.39 is 10.8 Å². The fourth-order valence-corrected chi connectivity index (χ4v) is 4.55. The number of amides is 1. The van der Waals surface area contributed by atoms with E-state index in [1.54, 1.807) is 23.1 Å². The second-order valence-corrected chi connectivity index (χ2v) is 7.75. The van der Waals surface area contributed by atoms with Gasteiger partial charge in [0.25, 0.3) is 11.6 Å². The molecule has 2 atom stereocenters. The summed E-state index contributed by atoms with van der Waals surface area (Å²) in [4.78, 5) is 27.7. The number of nitro benzene ring substituents is 1. The summed E-state index contributed by atoms with van der Waals surface area (Å²) >= 11 is 0. The lowest BCUT2D eigenvalue weighted by Crippen LogP contribution is -2.47. The van der Waals surface area contributed by atoms with Crippen molar-refractivity contribution in [1.29, 1.82) is 5.26 Å². The summed E-state index contributed by atoms with van der Waals surface area (Å²) in [6, 6.07) is 25.3. The summed E-state index contributed by atoms with van der Waals surface area (Å²) in [5.74, 6) is -0.404. The van der Waals surface area contributed by atoms with Gasteiger partial charge in [0.1, 0.15) is 11.6 Å². The number of nitro groups is 1. The molecule has 0 spiro atoms. The maximum atomic E-state index is 13.3. The first-order valence-electron chi connectivity index (χ1n) is 10.2. The van der Waals surface area contributed by atoms with Crippen molar-refractivity contribution in [1.82, 2.24) is 0 Å². The van der Waals surface area contributed by atoms with Gasteiger partial charge in [0.2, 0.25) is 0 Å². The van der Waals surface area contributed by atoms with Crippen LogP contribution in [0.25, 0.3) is 0 Å². The Kier molecular flexibility index (Phi) is 4.68. The molecule has 2 unspecified atom stereocenters. The van der Waals surface area contributed by atoms with Gasteiger partial charge in [-0.15, -0.1) is 0 Å². The Hall–Kier alpha value is -4.44. The number of anilines is 2. The van der Waals surface area contributed by atoms with Gasteiger partial charge >= 0.3 is 0 Å². The van der Waals surface area contributed by atoms with E-state index in [2.05, 4.69) is 4.90 Å². The maximum Gasteiger partial charge on any atom is 0.269 e. The quantitative estimate of drug-likeness (QED) is 0.455. The van der Waals surface area contributed by atoms with Crippen LogP contribution in [0.5, 0.6) is 0 Å². The van der Waals surface area contributed by atoms with E-state index in [9.17, 15) is 20.2 Å². The van der Waals surface area contributed by atoms with Crippen LogP contribution in [0.3, 0.4) is 0 Å². The van der Waals surface area contributed by atoms with E-state index in [-0.39, 0.29) is 23.3 Å².